The second-order valence-electron chi connectivity index (χ2n) is 4.99. The molecule has 1 aromatic heterocycles. The van der Waals surface area contributed by atoms with Crippen molar-refractivity contribution in [1.82, 2.24) is 9.78 Å². The van der Waals surface area contributed by atoms with Crippen molar-refractivity contribution in [3.63, 3.8) is 0 Å². The number of halogens is 2. The maximum atomic E-state index is 13.9. The normalized spacial score (nSPS) is 14.2. The topological polar surface area (TPSA) is 43.8 Å². The highest BCUT2D eigenvalue weighted by Gasteiger charge is 2.17. The monoisotopic (exact) mass is 339 g/mol. The standard InChI is InChI=1S/C15H19BrFN3/c1-3-10(2)20-8-7-11(19-20)9-14(18)15-12(16)5-4-6-13(15)17/h4-8,10,14H,3,9,18H2,1-2H3. The first-order valence-corrected chi connectivity index (χ1v) is 7.55. The summed E-state index contributed by atoms with van der Waals surface area (Å²) in [6, 6.07) is 6.79. The number of hydrogen-bond acceptors (Lipinski definition) is 2. The highest BCUT2D eigenvalue weighted by Crippen LogP contribution is 2.27. The van der Waals surface area contributed by atoms with Gasteiger partial charge in [0.05, 0.1) is 5.69 Å². The minimum atomic E-state index is -0.411. The maximum absolute atomic E-state index is 13.9. The maximum Gasteiger partial charge on any atom is 0.129 e. The summed E-state index contributed by atoms with van der Waals surface area (Å²) in [5.74, 6) is -0.284. The Morgan fingerprint density at radius 3 is 2.80 bits per heavy atom. The third-order valence-corrected chi connectivity index (χ3v) is 4.20. The predicted octanol–water partition coefficient (Wildman–Crippen LogP) is 4.00. The minimum Gasteiger partial charge on any atom is -0.323 e. The van der Waals surface area contributed by atoms with Crippen LogP contribution in [0.25, 0.3) is 0 Å². The van der Waals surface area contributed by atoms with Crippen LogP contribution >= 0.6 is 15.9 Å². The van der Waals surface area contributed by atoms with Crippen LogP contribution in [0.4, 0.5) is 4.39 Å². The van der Waals surface area contributed by atoms with Gasteiger partial charge in [-0.1, -0.05) is 28.9 Å². The van der Waals surface area contributed by atoms with Crippen LogP contribution in [0.1, 0.15) is 43.6 Å². The zero-order valence-electron chi connectivity index (χ0n) is 11.7. The summed E-state index contributed by atoms with van der Waals surface area (Å²) in [4.78, 5) is 0. The van der Waals surface area contributed by atoms with E-state index >= 15 is 0 Å². The number of nitrogens with zero attached hydrogens (tertiary/aromatic N) is 2. The van der Waals surface area contributed by atoms with Gasteiger partial charge in [0, 0.05) is 34.7 Å². The van der Waals surface area contributed by atoms with E-state index in [-0.39, 0.29) is 5.82 Å². The molecule has 2 N–H and O–H groups in total. The summed E-state index contributed by atoms with van der Waals surface area (Å²) in [7, 11) is 0. The van der Waals surface area contributed by atoms with Crippen molar-refractivity contribution in [1.29, 1.82) is 0 Å². The fourth-order valence-corrected chi connectivity index (χ4v) is 2.75. The van der Waals surface area contributed by atoms with Crippen LogP contribution < -0.4 is 5.73 Å². The van der Waals surface area contributed by atoms with E-state index in [0.29, 0.717) is 22.5 Å². The highest BCUT2D eigenvalue weighted by molar-refractivity contribution is 9.10. The first kappa shape index (κ1) is 15.2. The molecule has 20 heavy (non-hydrogen) atoms. The Morgan fingerprint density at radius 2 is 2.15 bits per heavy atom. The van der Waals surface area contributed by atoms with E-state index in [1.807, 2.05) is 16.9 Å². The van der Waals surface area contributed by atoms with Gasteiger partial charge in [-0.05, 0) is 31.5 Å². The van der Waals surface area contributed by atoms with Crippen molar-refractivity contribution in [2.45, 2.75) is 38.8 Å². The number of benzene rings is 1. The molecular formula is C15H19BrFN3. The Kier molecular flexibility index (Phi) is 4.94. The molecule has 0 aliphatic carbocycles. The second-order valence-corrected chi connectivity index (χ2v) is 5.84. The molecule has 2 rings (SSSR count). The molecule has 2 atom stereocenters. The number of aromatic nitrogens is 2. The van der Waals surface area contributed by atoms with Gasteiger partial charge in [-0.25, -0.2) is 4.39 Å². The third-order valence-electron chi connectivity index (χ3n) is 3.51. The molecule has 2 unspecified atom stereocenters. The Morgan fingerprint density at radius 1 is 1.40 bits per heavy atom. The van der Waals surface area contributed by atoms with Gasteiger partial charge in [0.15, 0.2) is 0 Å². The van der Waals surface area contributed by atoms with E-state index in [4.69, 9.17) is 5.73 Å². The SMILES string of the molecule is CCC(C)n1ccc(CC(N)c2c(F)cccc2Br)n1. The average molecular weight is 340 g/mol. The van der Waals surface area contributed by atoms with Crippen molar-refractivity contribution in [3.8, 4) is 0 Å². The van der Waals surface area contributed by atoms with E-state index in [2.05, 4.69) is 34.9 Å². The van der Waals surface area contributed by atoms with Crippen LogP contribution in [0.2, 0.25) is 0 Å². The molecule has 0 spiro atoms. The summed E-state index contributed by atoms with van der Waals surface area (Å²) in [6.07, 6.45) is 3.49. The third kappa shape index (κ3) is 3.27. The van der Waals surface area contributed by atoms with Gasteiger partial charge in [0.25, 0.3) is 0 Å². The van der Waals surface area contributed by atoms with Gasteiger partial charge in [0.2, 0.25) is 0 Å². The first-order valence-electron chi connectivity index (χ1n) is 6.76. The van der Waals surface area contributed by atoms with E-state index in [1.165, 1.54) is 6.07 Å². The second kappa shape index (κ2) is 6.50. The summed E-state index contributed by atoms with van der Waals surface area (Å²) in [5.41, 5.74) is 7.51. The van der Waals surface area contributed by atoms with Crippen LogP contribution in [0, 0.1) is 5.82 Å². The average Bonchev–Trinajstić information content (AvgIpc) is 2.86. The van der Waals surface area contributed by atoms with Crippen molar-refractivity contribution >= 4 is 15.9 Å². The van der Waals surface area contributed by atoms with E-state index in [0.717, 1.165) is 12.1 Å². The van der Waals surface area contributed by atoms with E-state index < -0.39 is 6.04 Å². The highest BCUT2D eigenvalue weighted by atomic mass is 79.9. The summed E-state index contributed by atoms with van der Waals surface area (Å²) >= 11 is 3.36. The lowest BCUT2D eigenvalue weighted by Crippen LogP contribution is -2.16. The molecule has 0 aliphatic rings. The lowest BCUT2D eigenvalue weighted by atomic mass is 10.0. The molecule has 0 saturated carbocycles. The quantitative estimate of drug-likeness (QED) is 0.894. The number of rotatable bonds is 5. The molecule has 0 bridgehead atoms. The van der Waals surface area contributed by atoms with Crippen LogP contribution in [0.15, 0.2) is 34.9 Å². The smallest absolute Gasteiger partial charge is 0.129 e. The number of hydrogen-bond donors (Lipinski definition) is 1. The van der Waals surface area contributed by atoms with Gasteiger partial charge < -0.3 is 5.73 Å². The fourth-order valence-electron chi connectivity index (χ4n) is 2.11. The van der Waals surface area contributed by atoms with Crippen LogP contribution in [0.5, 0.6) is 0 Å². The molecule has 0 amide bonds. The van der Waals surface area contributed by atoms with Gasteiger partial charge in [0.1, 0.15) is 5.82 Å². The van der Waals surface area contributed by atoms with Gasteiger partial charge >= 0.3 is 0 Å². The Labute approximate surface area is 127 Å². The molecule has 0 radical (unpaired) electrons. The lowest BCUT2D eigenvalue weighted by molar-refractivity contribution is 0.471. The fraction of sp³-hybridized carbons (Fsp3) is 0.400. The molecule has 0 fully saturated rings. The Bertz CT molecular complexity index is 562. The Hall–Kier alpha value is -1.20. The summed E-state index contributed by atoms with van der Waals surface area (Å²) in [6.45, 7) is 4.23. The largest absolute Gasteiger partial charge is 0.323 e. The van der Waals surface area contributed by atoms with Crippen LogP contribution in [-0.2, 0) is 6.42 Å². The van der Waals surface area contributed by atoms with Crippen molar-refractivity contribution in [2.24, 2.45) is 5.73 Å². The van der Waals surface area contributed by atoms with Gasteiger partial charge in [-0.15, -0.1) is 0 Å². The number of nitrogens with two attached hydrogens (primary N) is 1. The van der Waals surface area contributed by atoms with Crippen LogP contribution in [-0.4, -0.2) is 9.78 Å². The minimum absolute atomic E-state index is 0.284. The van der Waals surface area contributed by atoms with Gasteiger partial charge in [-0.2, -0.15) is 5.10 Å². The predicted molar refractivity (Wildman–Crippen MR) is 82.0 cm³/mol. The van der Waals surface area contributed by atoms with Crippen molar-refractivity contribution < 1.29 is 4.39 Å². The van der Waals surface area contributed by atoms with Gasteiger partial charge in [-0.3, -0.25) is 4.68 Å². The summed E-state index contributed by atoms with van der Waals surface area (Å²) < 4.78 is 16.5. The molecule has 1 heterocycles. The Balaban J connectivity index is 2.15. The molecule has 1 aromatic carbocycles. The van der Waals surface area contributed by atoms with E-state index in [1.54, 1.807) is 12.1 Å². The van der Waals surface area contributed by atoms with E-state index in [9.17, 15) is 4.39 Å². The first-order chi connectivity index (χ1) is 9.52. The molecule has 3 nitrogen and oxygen atoms in total. The van der Waals surface area contributed by atoms with Crippen molar-refractivity contribution in [2.75, 3.05) is 0 Å². The summed E-state index contributed by atoms with van der Waals surface area (Å²) in [5, 5.41) is 4.50. The van der Waals surface area contributed by atoms with Crippen molar-refractivity contribution in [3.05, 3.63) is 52.0 Å². The molecule has 5 heteroatoms. The van der Waals surface area contributed by atoms with Crippen LogP contribution in [0.3, 0.4) is 0 Å². The zero-order chi connectivity index (χ0) is 14.7. The molecule has 0 saturated heterocycles. The molecule has 108 valence electrons. The lowest BCUT2D eigenvalue weighted by Gasteiger charge is -2.14. The molecule has 2 aromatic rings. The zero-order valence-corrected chi connectivity index (χ0v) is 13.3. The molecular weight excluding hydrogens is 321 g/mol. The molecule has 0 aliphatic heterocycles.